The lowest BCUT2D eigenvalue weighted by Crippen LogP contribution is -2.27. The van der Waals surface area contributed by atoms with Gasteiger partial charge in [0, 0.05) is 18.3 Å². The van der Waals surface area contributed by atoms with Crippen LogP contribution in [0.2, 0.25) is 0 Å². The number of alkyl halides is 3. The summed E-state index contributed by atoms with van der Waals surface area (Å²) in [6, 6.07) is 14.0. The van der Waals surface area contributed by atoms with Crippen LogP contribution in [-0.4, -0.2) is 18.6 Å². The second-order valence-electron chi connectivity index (χ2n) is 9.07. The molecule has 186 valence electrons. The van der Waals surface area contributed by atoms with Crippen molar-refractivity contribution in [3.05, 3.63) is 71.3 Å². The summed E-state index contributed by atoms with van der Waals surface area (Å²) < 4.78 is 52.6. The molecule has 2 amide bonds. The first-order chi connectivity index (χ1) is 17.1. The number of halogens is 3. The minimum Gasteiger partial charge on any atom is -0.454 e. The zero-order valence-electron chi connectivity index (χ0n) is 19.6. The molecule has 1 heterocycles. The quantitative estimate of drug-likeness (QED) is 0.452. The van der Waals surface area contributed by atoms with Crippen molar-refractivity contribution in [2.45, 2.75) is 38.3 Å². The molecule has 36 heavy (non-hydrogen) atoms. The molecule has 0 unspecified atom stereocenters. The normalized spacial score (nSPS) is 15.4. The molecule has 0 atom stereocenters. The molecule has 3 aromatic carbocycles. The van der Waals surface area contributed by atoms with E-state index in [1.807, 2.05) is 12.1 Å². The Labute approximate surface area is 205 Å². The summed E-state index contributed by atoms with van der Waals surface area (Å²) >= 11 is 0. The molecule has 3 aromatic rings. The van der Waals surface area contributed by atoms with E-state index in [1.54, 1.807) is 31.2 Å². The maximum absolute atomic E-state index is 13.9. The van der Waals surface area contributed by atoms with Crippen molar-refractivity contribution in [2.24, 2.45) is 0 Å². The van der Waals surface area contributed by atoms with E-state index in [-0.39, 0.29) is 24.0 Å². The van der Waals surface area contributed by atoms with E-state index in [1.165, 1.54) is 19.1 Å². The van der Waals surface area contributed by atoms with Crippen LogP contribution in [0.5, 0.6) is 11.5 Å². The van der Waals surface area contributed by atoms with Crippen molar-refractivity contribution in [2.75, 3.05) is 17.4 Å². The maximum Gasteiger partial charge on any atom is 0.417 e. The topological polar surface area (TPSA) is 76.7 Å². The summed E-state index contributed by atoms with van der Waals surface area (Å²) in [5.74, 6) is 0.524. The molecule has 1 aliphatic carbocycles. The predicted octanol–water partition coefficient (Wildman–Crippen LogP) is 6.04. The van der Waals surface area contributed by atoms with Gasteiger partial charge in [-0.05, 0) is 78.4 Å². The van der Waals surface area contributed by atoms with E-state index in [0.29, 0.717) is 41.2 Å². The van der Waals surface area contributed by atoms with Crippen molar-refractivity contribution in [3.63, 3.8) is 0 Å². The first-order valence-corrected chi connectivity index (χ1v) is 11.4. The standard InChI is InChI=1S/C27H23F3N2O4/c1-15-3-5-18(12-21(15)20-7-6-19(31-16(2)33)13-22(20)27(28,29)30)32-25(34)26(9-10-26)17-4-8-23-24(11-17)36-14-35-23/h3-8,11-13H,9-10,14H2,1-2H3,(H,31,33)(H,32,34). The van der Waals surface area contributed by atoms with Crippen molar-refractivity contribution in [3.8, 4) is 22.6 Å². The molecular formula is C27H23F3N2O4. The molecule has 5 rings (SSSR count). The fraction of sp³-hybridized carbons (Fsp3) is 0.259. The first-order valence-electron chi connectivity index (χ1n) is 11.4. The van der Waals surface area contributed by atoms with Crippen LogP contribution in [0.25, 0.3) is 11.1 Å². The van der Waals surface area contributed by atoms with Gasteiger partial charge >= 0.3 is 6.18 Å². The molecule has 0 saturated heterocycles. The maximum atomic E-state index is 13.9. The van der Waals surface area contributed by atoms with Crippen LogP contribution in [0.1, 0.15) is 36.5 Å². The number of hydrogen-bond donors (Lipinski definition) is 2. The van der Waals surface area contributed by atoms with Crippen molar-refractivity contribution in [1.29, 1.82) is 0 Å². The average Bonchev–Trinajstić information content (AvgIpc) is 3.50. The number of amides is 2. The molecule has 6 nitrogen and oxygen atoms in total. The van der Waals surface area contributed by atoms with Gasteiger partial charge in [0.2, 0.25) is 18.6 Å². The highest BCUT2D eigenvalue weighted by Gasteiger charge is 2.51. The number of nitrogens with one attached hydrogen (secondary N) is 2. The lowest BCUT2D eigenvalue weighted by Gasteiger charge is -2.19. The first kappa shape index (κ1) is 23.7. The van der Waals surface area contributed by atoms with Crippen molar-refractivity contribution < 1.29 is 32.2 Å². The van der Waals surface area contributed by atoms with Gasteiger partial charge in [-0.15, -0.1) is 0 Å². The highest BCUT2D eigenvalue weighted by atomic mass is 19.4. The smallest absolute Gasteiger partial charge is 0.417 e. The lowest BCUT2D eigenvalue weighted by atomic mass is 9.93. The van der Waals surface area contributed by atoms with Crippen LogP contribution in [-0.2, 0) is 21.2 Å². The fourth-order valence-electron chi connectivity index (χ4n) is 4.50. The molecule has 0 spiro atoms. The molecule has 9 heteroatoms. The minimum atomic E-state index is -4.65. The molecule has 0 radical (unpaired) electrons. The number of aryl methyl sites for hydroxylation is 1. The summed E-state index contributed by atoms with van der Waals surface area (Å²) in [6.07, 6.45) is -3.34. The van der Waals surface area contributed by atoms with Crippen LogP contribution < -0.4 is 20.1 Å². The number of hydrogen-bond acceptors (Lipinski definition) is 4. The van der Waals surface area contributed by atoms with Crippen LogP contribution in [0.3, 0.4) is 0 Å². The summed E-state index contributed by atoms with van der Waals surface area (Å²) in [7, 11) is 0. The molecule has 1 aliphatic heterocycles. The molecule has 1 saturated carbocycles. The Balaban J connectivity index is 1.45. The van der Waals surface area contributed by atoms with Crippen LogP contribution in [0.15, 0.2) is 54.6 Å². The van der Waals surface area contributed by atoms with Gasteiger partial charge in [-0.2, -0.15) is 13.2 Å². The third-order valence-corrected chi connectivity index (χ3v) is 6.54. The van der Waals surface area contributed by atoms with Gasteiger partial charge in [-0.3, -0.25) is 9.59 Å². The van der Waals surface area contributed by atoms with Gasteiger partial charge in [0.1, 0.15) is 0 Å². The van der Waals surface area contributed by atoms with Gasteiger partial charge in [0.15, 0.2) is 11.5 Å². The highest BCUT2D eigenvalue weighted by molar-refractivity contribution is 6.02. The Morgan fingerprint density at radius 1 is 0.861 bits per heavy atom. The molecular weight excluding hydrogens is 473 g/mol. The Morgan fingerprint density at radius 3 is 2.25 bits per heavy atom. The van der Waals surface area contributed by atoms with Gasteiger partial charge in [0.25, 0.3) is 0 Å². The van der Waals surface area contributed by atoms with E-state index in [4.69, 9.17) is 9.47 Å². The van der Waals surface area contributed by atoms with Crippen LogP contribution >= 0.6 is 0 Å². The summed E-state index contributed by atoms with van der Waals surface area (Å²) in [5.41, 5.74) is 0.575. The molecule has 2 aliphatic rings. The number of anilines is 2. The average molecular weight is 496 g/mol. The Morgan fingerprint density at radius 2 is 1.56 bits per heavy atom. The number of carbonyl (C=O) groups excluding carboxylic acids is 2. The zero-order valence-corrected chi connectivity index (χ0v) is 19.6. The second-order valence-corrected chi connectivity index (χ2v) is 9.07. The molecule has 2 N–H and O–H groups in total. The number of rotatable bonds is 5. The van der Waals surface area contributed by atoms with Gasteiger partial charge in [0.05, 0.1) is 11.0 Å². The molecule has 0 aromatic heterocycles. The van der Waals surface area contributed by atoms with E-state index < -0.39 is 23.1 Å². The SMILES string of the molecule is CC(=O)Nc1ccc(-c2cc(NC(=O)C3(c4ccc5c(c4)OCO5)CC3)ccc2C)c(C(F)(F)F)c1. The van der Waals surface area contributed by atoms with Crippen LogP contribution in [0, 0.1) is 6.92 Å². The highest BCUT2D eigenvalue weighted by Crippen LogP contribution is 2.51. The van der Waals surface area contributed by atoms with Crippen LogP contribution in [0.4, 0.5) is 24.5 Å². The van der Waals surface area contributed by atoms with Crippen molar-refractivity contribution in [1.82, 2.24) is 0 Å². The summed E-state index contributed by atoms with van der Waals surface area (Å²) in [4.78, 5) is 24.6. The monoisotopic (exact) mass is 496 g/mol. The number of fused-ring (bicyclic) bond motifs is 1. The van der Waals surface area contributed by atoms with Gasteiger partial charge in [-0.1, -0.05) is 18.2 Å². The minimum absolute atomic E-state index is 0.0397. The van der Waals surface area contributed by atoms with E-state index in [2.05, 4.69) is 10.6 Å². The Bertz CT molecular complexity index is 1380. The number of carbonyl (C=O) groups is 2. The fourth-order valence-corrected chi connectivity index (χ4v) is 4.50. The number of benzene rings is 3. The predicted molar refractivity (Wildman–Crippen MR) is 128 cm³/mol. The summed E-state index contributed by atoms with van der Waals surface area (Å²) in [5, 5.41) is 5.28. The molecule has 1 fully saturated rings. The van der Waals surface area contributed by atoms with Gasteiger partial charge < -0.3 is 20.1 Å². The van der Waals surface area contributed by atoms with E-state index >= 15 is 0 Å². The summed E-state index contributed by atoms with van der Waals surface area (Å²) in [6.45, 7) is 3.07. The molecule has 0 bridgehead atoms. The Kier molecular flexibility index (Phi) is 5.65. The third kappa shape index (κ3) is 4.36. The zero-order chi connectivity index (χ0) is 25.7. The Hall–Kier alpha value is -4.01. The van der Waals surface area contributed by atoms with E-state index in [9.17, 15) is 22.8 Å². The largest absolute Gasteiger partial charge is 0.454 e. The van der Waals surface area contributed by atoms with E-state index in [0.717, 1.165) is 11.6 Å². The number of ether oxygens (including phenoxy) is 2. The second kappa shape index (κ2) is 8.58. The lowest BCUT2D eigenvalue weighted by molar-refractivity contribution is -0.137. The third-order valence-electron chi connectivity index (χ3n) is 6.54. The van der Waals surface area contributed by atoms with Gasteiger partial charge in [-0.25, -0.2) is 0 Å². The van der Waals surface area contributed by atoms with Crippen molar-refractivity contribution >= 4 is 23.2 Å².